The van der Waals surface area contributed by atoms with Crippen molar-refractivity contribution >= 4 is 40.4 Å². The number of unbranched alkanes of at least 4 members (excludes halogenated alkanes) is 4. The summed E-state index contributed by atoms with van der Waals surface area (Å²) in [5.74, 6) is 0.271. The summed E-state index contributed by atoms with van der Waals surface area (Å²) in [6.07, 6.45) is 15.9. The van der Waals surface area contributed by atoms with Gasteiger partial charge in [0.05, 0.1) is 28.7 Å². The van der Waals surface area contributed by atoms with Crippen LogP contribution in [0.15, 0.2) is 12.2 Å². The van der Waals surface area contributed by atoms with Gasteiger partial charge in [0.25, 0.3) is 0 Å². The highest BCUT2D eigenvalue weighted by molar-refractivity contribution is 7.80. The predicted octanol–water partition coefficient (Wildman–Crippen LogP) is 4.79. The first kappa shape index (κ1) is 25.2. The number of carbonyl (C=O) groups is 1. The molecule has 0 aromatic heterocycles. The number of carboxylic acids is 1. The first-order valence-electron chi connectivity index (χ1n) is 11.6. The zero-order valence-electron chi connectivity index (χ0n) is 18.2. The van der Waals surface area contributed by atoms with Gasteiger partial charge >= 0.3 is 5.97 Å². The molecule has 2 bridgehead atoms. The van der Waals surface area contributed by atoms with Crippen LogP contribution in [0.5, 0.6) is 0 Å². The highest BCUT2D eigenvalue weighted by atomic mass is 32.1. The molecule has 4 atom stereocenters. The number of thiocarbonyl (C=S) groups is 2. The lowest BCUT2D eigenvalue weighted by Gasteiger charge is -2.28. The Morgan fingerprint density at radius 3 is 2.50 bits per heavy atom. The number of allylic oxidation sites excluding steroid dienone is 2. The maximum Gasteiger partial charge on any atom is 0.303 e. The van der Waals surface area contributed by atoms with Gasteiger partial charge in [-0.25, -0.2) is 0 Å². The highest BCUT2D eigenvalue weighted by Gasteiger charge is 2.47. The minimum Gasteiger partial charge on any atom is -0.481 e. The Morgan fingerprint density at radius 1 is 1.00 bits per heavy atom. The number of fused-ring (bicyclic) bond motifs is 2. The van der Waals surface area contributed by atoms with E-state index in [2.05, 4.69) is 29.7 Å². The predicted molar refractivity (Wildman–Crippen MR) is 130 cm³/mol. The number of aliphatic carboxylic acids is 1. The van der Waals surface area contributed by atoms with Crippen molar-refractivity contribution in [2.75, 3.05) is 13.1 Å². The summed E-state index contributed by atoms with van der Waals surface area (Å²) in [6, 6.07) is 0. The maximum atomic E-state index is 10.6. The molecule has 0 spiro atoms. The number of carboxylic acid groups (broad SMARTS) is 1. The quantitative estimate of drug-likeness (QED) is 0.187. The van der Waals surface area contributed by atoms with E-state index >= 15 is 0 Å². The summed E-state index contributed by atoms with van der Waals surface area (Å²) < 4.78 is 6.17. The Morgan fingerprint density at radius 2 is 1.77 bits per heavy atom. The maximum absolute atomic E-state index is 10.6. The van der Waals surface area contributed by atoms with Crippen LogP contribution in [-0.2, 0) is 9.53 Å². The molecule has 7 heteroatoms. The average molecular weight is 455 g/mol. The van der Waals surface area contributed by atoms with Crippen molar-refractivity contribution in [3.63, 3.8) is 0 Å². The molecule has 0 radical (unpaired) electrons. The molecule has 0 saturated carbocycles. The van der Waals surface area contributed by atoms with Crippen LogP contribution < -0.4 is 10.6 Å². The molecule has 30 heavy (non-hydrogen) atoms. The molecular formula is C23H38N2O3S2. The van der Waals surface area contributed by atoms with E-state index in [9.17, 15) is 4.79 Å². The summed E-state index contributed by atoms with van der Waals surface area (Å²) in [7, 11) is 0. The van der Waals surface area contributed by atoms with Gasteiger partial charge < -0.3 is 20.5 Å². The molecule has 2 rings (SSSR count). The number of hydrogen-bond donors (Lipinski definition) is 3. The van der Waals surface area contributed by atoms with E-state index < -0.39 is 5.97 Å². The third-order valence-corrected chi connectivity index (χ3v) is 6.80. The van der Waals surface area contributed by atoms with Gasteiger partial charge in [-0.1, -0.05) is 62.8 Å². The molecule has 5 nitrogen and oxygen atoms in total. The molecule has 2 heterocycles. The third-order valence-electron chi connectivity index (χ3n) is 6.17. The van der Waals surface area contributed by atoms with Gasteiger partial charge in [-0.2, -0.15) is 0 Å². The van der Waals surface area contributed by atoms with Crippen LogP contribution in [0.2, 0.25) is 0 Å². The standard InChI is InChI=1S/C23H38N2O3S2/c1-2-3-4-8-11-21(29)25-16-22(30)24-15-18-17(19-13-14-20(18)28-19)10-7-5-6-9-12-23(26)27/h5,7,17-20H,2-4,6,8-16H2,1H3,(H,24,30)(H,25,29)(H,26,27)/b7-5+/t17?,18?,19-,20?/m1/s1. The molecule has 2 aliphatic rings. The second-order valence-corrected chi connectivity index (χ2v) is 9.49. The average Bonchev–Trinajstić information content (AvgIpc) is 3.32. The van der Waals surface area contributed by atoms with Crippen LogP contribution in [0.25, 0.3) is 0 Å². The van der Waals surface area contributed by atoms with Crippen molar-refractivity contribution in [1.82, 2.24) is 10.6 Å². The normalized spacial score (nSPS) is 25.0. The molecular weight excluding hydrogens is 416 g/mol. The lowest BCUT2D eigenvalue weighted by atomic mass is 9.77. The van der Waals surface area contributed by atoms with Gasteiger partial charge in [0, 0.05) is 18.9 Å². The van der Waals surface area contributed by atoms with Crippen molar-refractivity contribution < 1.29 is 14.6 Å². The van der Waals surface area contributed by atoms with E-state index in [0.29, 0.717) is 37.0 Å². The van der Waals surface area contributed by atoms with E-state index in [1.165, 1.54) is 19.3 Å². The Balaban J connectivity index is 1.66. The monoisotopic (exact) mass is 454 g/mol. The molecule has 2 aliphatic heterocycles. The Bertz CT molecular complexity index is 597. The van der Waals surface area contributed by atoms with Crippen LogP contribution in [0.3, 0.4) is 0 Å². The molecule has 170 valence electrons. The van der Waals surface area contributed by atoms with Crippen molar-refractivity contribution in [2.45, 2.75) is 89.8 Å². The van der Waals surface area contributed by atoms with Crippen LogP contribution in [0.1, 0.15) is 77.6 Å². The topological polar surface area (TPSA) is 70.6 Å². The van der Waals surface area contributed by atoms with Gasteiger partial charge in [0.2, 0.25) is 0 Å². The molecule has 0 aromatic rings. The zero-order valence-corrected chi connectivity index (χ0v) is 19.9. The van der Waals surface area contributed by atoms with Gasteiger partial charge in [0.15, 0.2) is 0 Å². The van der Waals surface area contributed by atoms with Crippen molar-refractivity contribution in [3.8, 4) is 0 Å². The Hall–Kier alpha value is -1.05. The summed E-state index contributed by atoms with van der Waals surface area (Å²) in [5.41, 5.74) is 0. The lowest BCUT2D eigenvalue weighted by molar-refractivity contribution is -0.137. The smallest absolute Gasteiger partial charge is 0.303 e. The van der Waals surface area contributed by atoms with E-state index in [0.717, 1.165) is 55.0 Å². The molecule has 2 fully saturated rings. The SMILES string of the molecule is CCCCCCC(=S)NCC(=S)NCC1C2CC[C@@H](O2)C1C/C=C/CCCC(=O)O. The largest absolute Gasteiger partial charge is 0.481 e. The van der Waals surface area contributed by atoms with Gasteiger partial charge in [-0.15, -0.1) is 0 Å². The Labute approximate surface area is 192 Å². The molecule has 2 saturated heterocycles. The molecule has 0 aromatic carbocycles. The molecule has 0 amide bonds. The zero-order chi connectivity index (χ0) is 21.8. The summed E-state index contributed by atoms with van der Waals surface area (Å²) in [4.78, 5) is 12.3. The van der Waals surface area contributed by atoms with Crippen molar-refractivity contribution in [2.24, 2.45) is 11.8 Å². The minimum absolute atomic E-state index is 0.238. The lowest BCUT2D eigenvalue weighted by Crippen LogP contribution is -2.41. The van der Waals surface area contributed by atoms with Crippen molar-refractivity contribution in [3.05, 3.63) is 12.2 Å². The second kappa shape index (κ2) is 14.1. The van der Waals surface area contributed by atoms with E-state index in [1.807, 2.05) is 0 Å². The van der Waals surface area contributed by atoms with Gasteiger partial charge in [-0.05, 0) is 50.9 Å². The first-order valence-corrected chi connectivity index (χ1v) is 12.4. The number of hydrogen-bond acceptors (Lipinski definition) is 4. The fraction of sp³-hybridized carbons (Fsp3) is 0.783. The van der Waals surface area contributed by atoms with Crippen molar-refractivity contribution in [1.29, 1.82) is 0 Å². The molecule has 3 N–H and O–H groups in total. The summed E-state index contributed by atoms with van der Waals surface area (Å²) in [6.45, 7) is 3.67. The second-order valence-electron chi connectivity index (χ2n) is 8.50. The van der Waals surface area contributed by atoms with E-state index in [-0.39, 0.29) is 6.42 Å². The first-order chi connectivity index (χ1) is 14.5. The minimum atomic E-state index is -0.723. The number of nitrogens with one attached hydrogen (secondary N) is 2. The van der Waals surface area contributed by atoms with Gasteiger partial charge in [0.1, 0.15) is 0 Å². The highest BCUT2D eigenvalue weighted by Crippen LogP contribution is 2.44. The van der Waals surface area contributed by atoms with Crippen LogP contribution in [0, 0.1) is 11.8 Å². The number of rotatable bonds is 15. The van der Waals surface area contributed by atoms with E-state index in [1.54, 1.807) is 0 Å². The number of ether oxygens (including phenoxy) is 1. The van der Waals surface area contributed by atoms with Crippen LogP contribution in [0.4, 0.5) is 0 Å². The van der Waals surface area contributed by atoms with Gasteiger partial charge in [-0.3, -0.25) is 4.79 Å². The summed E-state index contributed by atoms with van der Waals surface area (Å²) >= 11 is 10.9. The van der Waals surface area contributed by atoms with Crippen LogP contribution >= 0.6 is 24.4 Å². The Kier molecular flexibility index (Phi) is 11.8. The van der Waals surface area contributed by atoms with Crippen LogP contribution in [-0.4, -0.2) is 46.4 Å². The molecule has 3 unspecified atom stereocenters. The fourth-order valence-electron chi connectivity index (χ4n) is 4.50. The fourth-order valence-corrected chi connectivity index (χ4v) is 4.87. The third kappa shape index (κ3) is 8.98. The van der Waals surface area contributed by atoms with E-state index in [4.69, 9.17) is 34.3 Å². The summed E-state index contributed by atoms with van der Waals surface area (Å²) in [5, 5.41) is 15.4. The molecule has 0 aliphatic carbocycles.